The lowest BCUT2D eigenvalue weighted by atomic mass is 9.83. The molecule has 1 aromatic rings. The summed E-state index contributed by atoms with van der Waals surface area (Å²) in [5.74, 6) is 1.54. The van der Waals surface area contributed by atoms with Crippen molar-refractivity contribution in [2.24, 2.45) is 5.92 Å². The molecule has 0 spiro atoms. The molecule has 1 N–H and O–H groups in total. The van der Waals surface area contributed by atoms with E-state index in [2.05, 4.69) is 20.2 Å². The number of anilines is 1. The van der Waals surface area contributed by atoms with Gasteiger partial charge in [0.15, 0.2) is 0 Å². The predicted octanol–water partition coefficient (Wildman–Crippen LogP) is 2.15. The minimum absolute atomic E-state index is 0.767. The van der Waals surface area contributed by atoms with Crippen molar-refractivity contribution in [2.45, 2.75) is 38.1 Å². The second-order valence-corrected chi connectivity index (χ2v) is 5.45. The fourth-order valence-corrected chi connectivity index (χ4v) is 3.43. The molecule has 2 aliphatic heterocycles. The number of aromatic nitrogens is 2. The normalized spacial score (nSPS) is 28.7. The summed E-state index contributed by atoms with van der Waals surface area (Å²) in [6.45, 7) is 3.64. The third-order valence-corrected chi connectivity index (χ3v) is 4.32. The Labute approximate surface area is 109 Å². The highest BCUT2D eigenvalue weighted by Gasteiger charge is 2.32. The lowest BCUT2D eigenvalue weighted by Crippen LogP contribution is -2.49. The zero-order valence-corrected chi connectivity index (χ0v) is 10.9. The van der Waals surface area contributed by atoms with Gasteiger partial charge in [0, 0.05) is 25.0 Å². The second kappa shape index (κ2) is 5.65. The van der Waals surface area contributed by atoms with Crippen LogP contribution >= 0.6 is 0 Å². The van der Waals surface area contributed by atoms with Crippen LogP contribution in [0.5, 0.6) is 0 Å². The van der Waals surface area contributed by atoms with Crippen molar-refractivity contribution >= 4 is 5.95 Å². The highest BCUT2D eigenvalue weighted by molar-refractivity contribution is 5.22. The Hall–Kier alpha value is -1.16. The Morgan fingerprint density at radius 1 is 1.11 bits per heavy atom. The Morgan fingerprint density at radius 3 is 2.83 bits per heavy atom. The summed E-state index contributed by atoms with van der Waals surface area (Å²) in [5.41, 5.74) is 0. The summed E-state index contributed by atoms with van der Waals surface area (Å²) in [6, 6.07) is 2.65. The molecular formula is C14H22N4. The van der Waals surface area contributed by atoms with E-state index >= 15 is 0 Å². The zero-order chi connectivity index (χ0) is 12.2. The maximum atomic E-state index is 4.23. The van der Waals surface area contributed by atoms with Gasteiger partial charge in [-0.15, -0.1) is 0 Å². The predicted molar refractivity (Wildman–Crippen MR) is 72.5 cm³/mol. The van der Waals surface area contributed by atoms with E-state index in [1.807, 2.05) is 6.07 Å². The number of nitrogens with one attached hydrogen (secondary N) is 1. The third-order valence-electron chi connectivity index (χ3n) is 4.32. The maximum Gasteiger partial charge on any atom is 0.222 e. The molecule has 0 radical (unpaired) electrons. The molecule has 0 aliphatic carbocycles. The topological polar surface area (TPSA) is 41.1 Å². The van der Waals surface area contributed by atoms with E-state index in [1.165, 1.54) is 45.2 Å². The van der Waals surface area contributed by atoms with Crippen molar-refractivity contribution in [2.75, 3.05) is 25.0 Å². The third kappa shape index (κ3) is 2.64. The molecule has 3 heterocycles. The van der Waals surface area contributed by atoms with Crippen molar-refractivity contribution in [3.63, 3.8) is 0 Å². The van der Waals surface area contributed by atoms with Crippen LogP contribution in [0, 0.1) is 5.92 Å². The van der Waals surface area contributed by atoms with Gasteiger partial charge in [0.25, 0.3) is 0 Å². The van der Waals surface area contributed by atoms with Gasteiger partial charge < -0.3 is 10.2 Å². The summed E-state index contributed by atoms with van der Waals surface area (Å²) in [7, 11) is 0. The first kappa shape index (κ1) is 11.9. The van der Waals surface area contributed by atoms with Gasteiger partial charge in [-0.05, 0) is 50.8 Å². The van der Waals surface area contributed by atoms with Gasteiger partial charge in [-0.2, -0.15) is 0 Å². The fourth-order valence-electron chi connectivity index (χ4n) is 3.43. The van der Waals surface area contributed by atoms with E-state index in [4.69, 9.17) is 0 Å². The molecule has 0 saturated carbocycles. The van der Waals surface area contributed by atoms with Gasteiger partial charge in [-0.1, -0.05) is 6.42 Å². The molecule has 2 fully saturated rings. The number of piperidine rings is 2. The second-order valence-electron chi connectivity index (χ2n) is 5.45. The molecule has 4 heteroatoms. The van der Waals surface area contributed by atoms with E-state index < -0.39 is 0 Å². The van der Waals surface area contributed by atoms with E-state index in [-0.39, 0.29) is 0 Å². The summed E-state index contributed by atoms with van der Waals surface area (Å²) in [6.07, 6.45) is 10.5. The van der Waals surface area contributed by atoms with Gasteiger partial charge in [0.2, 0.25) is 5.95 Å². The highest BCUT2D eigenvalue weighted by atomic mass is 15.2. The Bertz CT molecular complexity index is 365. The summed E-state index contributed by atoms with van der Waals surface area (Å²) in [4.78, 5) is 11.2. The van der Waals surface area contributed by atoms with Crippen molar-refractivity contribution in [1.82, 2.24) is 14.9 Å². The molecular weight excluding hydrogens is 224 g/mol. The van der Waals surface area contributed by atoms with Crippen LogP contribution in [-0.4, -0.2) is 40.5 Å². The minimum Gasteiger partial charge on any atom is -0.354 e. The van der Waals surface area contributed by atoms with E-state index in [0.29, 0.717) is 0 Å². The molecule has 0 aromatic carbocycles. The average molecular weight is 246 g/mol. The van der Waals surface area contributed by atoms with Gasteiger partial charge in [-0.3, -0.25) is 0 Å². The van der Waals surface area contributed by atoms with E-state index in [0.717, 1.165) is 24.5 Å². The average Bonchev–Trinajstić information content (AvgIpc) is 2.46. The summed E-state index contributed by atoms with van der Waals surface area (Å²) < 4.78 is 0. The molecule has 4 nitrogen and oxygen atoms in total. The molecule has 0 bridgehead atoms. The molecule has 18 heavy (non-hydrogen) atoms. The van der Waals surface area contributed by atoms with Crippen LogP contribution in [0.2, 0.25) is 0 Å². The van der Waals surface area contributed by atoms with Crippen LogP contribution in [0.1, 0.15) is 32.1 Å². The molecule has 2 saturated heterocycles. The lowest BCUT2D eigenvalue weighted by Gasteiger charge is -2.44. The van der Waals surface area contributed by atoms with Crippen molar-refractivity contribution in [1.29, 1.82) is 0 Å². The quantitative estimate of drug-likeness (QED) is 0.887. The first-order valence-corrected chi connectivity index (χ1v) is 7.18. The Morgan fingerprint density at radius 2 is 1.94 bits per heavy atom. The minimum atomic E-state index is 0.767. The summed E-state index contributed by atoms with van der Waals surface area (Å²) >= 11 is 0. The molecule has 2 aliphatic rings. The maximum absolute atomic E-state index is 4.23. The Balaban J connectivity index is 1.58. The number of rotatable bonds is 3. The highest BCUT2D eigenvalue weighted by Crippen LogP contribution is 2.30. The van der Waals surface area contributed by atoms with Crippen LogP contribution in [0.25, 0.3) is 0 Å². The number of hydrogen-bond acceptors (Lipinski definition) is 4. The van der Waals surface area contributed by atoms with Crippen LogP contribution in [0.4, 0.5) is 5.95 Å². The number of fused-ring (bicyclic) bond motifs is 1. The smallest absolute Gasteiger partial charge is 0.222 e. The first-order valence-electron chi connectivity index (χ1n) is 7.18. The van der Waals surface area contributed by atoms with Gasteiger partial charge >= 0.3 is 0 Å². The molecule has 98 valence electrons. The molecule has 2 unspecified atom stereocenters. The van der Waals surface area contributed by atoms with E-state index in [1.54, 1.807) is 12.4 Å². The fraction of sp³-hybridized carbons (Fsp3) is 0.714. The summed E-state index contributed by atoms with van der Waals surface area (Å²) in [5, 5.41) is 3.40. The first-order chi connectivity index (χ1) is 8.93. The number of hydrogen-bond donors (Lipinski definition) is 1. The standard InChI is InChI=1S/C14H22N4/c1-2-9-18-10-3-5-12(13(18)6-1)11-17-14-15-7-4-8-16-14/h4,7-8,12-13H,1-3,5-6,9-11H2,(H,15,16,17). The van der Waals surface area contributed by atoms with Crippen LogP contribution in [0.3, 0.4) is 0 Å². The molecule has 2 atom stereocenters. The zero-order valence-electron chi connectivity index (χ0n) is 10.9. The van der Waals surface area contributed by atoms with Crippen LogP contribution in [0.15, 0.2) is 18.5 Å². The van der Waals surface area contributed by atoms with Gasteiger partial charge in [0.05, 0.1) is 0 Å². The SMILES string of the molecule is c1cnc(NCC2CCCN3CCCCC23)nc1. The van der Waals surface area contributed by atoms with Crippen molar-refractivity contribution in [3.8, 4) is 0 Å². The van der Waals surface area contributed by atoms with Crippen LogP contribution < -0.4 is 5.32 Å². The molecule has 1 aromatic heterocycles. The number of nitrogens with zero attached hydrogens (tertiary/aromatic N) is 3. The van der Waals surface area contributed by atoms with Crippen molar-refractivity contribution in [3.05, 3.63) is 18.5 Å². The lowest BCUT2D eigenvalue weighted by molar-refractivity contribution is 0.0648. The monoisotopic (exact) mass is 246 g/mol. The molecule has 3 rings (SSSR count). The molecule has 0 amide bonds. The van der Waals surface area contributed by atoms with E-state index in [9.17, 15) is 0 Å². The Kier molecular flexibility index (Phi) is 3.74. The van der Waals surface area contributed by atoms with Crippen LogP contribution in [-0.2, 0) is 0 Å². The van der Waals surface area contributed by atoms with Gasteiger partial charge in [-0.25, -0.2) is 9.97 Å². The largest absolute Gasteiger partial charge is 0.354 e. The van der Waals surface area contributed by atoms with Gasteiger partial charge in [0.1, 0.15) is 0 Å². The van der Waals surface area contributed by atoms with Crippen molar-refractivity contribution < 1.29 is 0 Å².